The maximum atomic E-state index is 13.1. The molecule has 0 N–H and O–H groups in total. The predicted octanol–water partition coefficient (Wildman–Crippen LogP) is 2.43. The third-order valence-electron chi connectivity index (χ3n) is 5.95. The Hall–Kier alpha value is -2.83. The van der Waals surface area contributed by atoms with Gasteiger partial charge in [0.2, 0.25) is 5.96 Å². The molecule has 3 heterocycles. The van der Waals surface area contributed by atoms with Crippen LogP contribution in [0.3, 0.4) is 0 Å². The number of rotatable bonds is 3. The van der Waals surface area contributed by atoms with Crippen molar-refractivity contribution in [2.45, 2.75) is 44.8 Å². The molecule has 140 valence electrons. The van der Waals surface area contributed by atoms with Crippen molar-refractivity contribution in [1.82, 2.24) is 14.5 Å². The number of anilines is 1. The molecular weight excluding hydrogens is 342 g/mol. The second kappa shape index (κ2) is 5.84. The van der Waals surface area contributed by atoms with Gasteiger partial charge in [-0.2, -0.15) is 0 Å². The molecule has 7 nitrogen and oxygen atoms in total. The van der Waals surface area contributed by atoms with Gasteiger partial charge in [0.1, 0.15) is 11.6 Å². The highest BCUT2D eigenvalue weighted by Crippen LogP contribution is 2.40. The molecule has 1 saturated carbocycles. The number of methoxy groups -OCH3 is 1. The second-order valence-electron chi connectivity index (χ2n) is 7.49. The van der Waals surface area contributed by atoms with Crippen LogP contribution in [0.1, 0.15) is 41.1 Å². The molecule has 0 radical (unpaired) electrons. The zero-order valence-electron chi connectivity index (χ0n) is 15.8. The minimum Gasteiger partial charge on any atom is -0.497 e. The van der Waals surface area contributed by atoms with Crippen molar-refractivity contribution in [2.75, 3.05) is 19.1 Å². The summed E-state index contributed by atoms with van der Waals surface area (Å²) in [7, 11) is 3.48. The van der Waals surface area contributed by atoms with Crippen LogP contribution in [0.15, 0.2) is 29.3 Å². The van der Waals surface area contributed by atoms with Gasteiger partial charge in [-0.3, -0.25) is 14.6 Å². The first-order valence-electron chi connectivity index (χ1n) is 9.43. The van der Waals surface area contributed by atoms with E-state index in [4.69, 9.17) is 14.7 Å². The Labute approximate surface area is 158 Å². The van der Waals surface area contributed by atoms with Gasteiger partial charge < -0.3 is 9.30 Å². The van der Waals surface area contributed by atoms with Crippen LogP contribution in [0.25, 0.3) is 0 Å². The minimum atomic E-state index is -0.0333. The predicted molar refractivity (Wildman–Crippen MR) is 102 cm³/mol. The van der Waals surface area contributed by atoms with Gasteiger partial charge in [-0.15, -0.1) is 0 Å². The van der Waals surface area contributed by atoms with Crippen LogP contribution in [0.5, 0.6) is 5.75 Å². The molecule has 7 heteroatoms. The number of carbonyl (C=O) groups is 1. The third-order valence-corrected chi connectivity index (χ3v) is 5.95. The van der Waals surface area contributed by atoms with E-state index >= 15 is 0 Å². The van der Waals surface area contributed by atoms with Gasteiger partial charge in [0.25, 0.3) is 5.91 Å². The first-order valence-corrected chi connectivity index (χ1v) is 9.43. The van der Waals surface area contributed by atoms with E-state index < -0.39 is 0 Å². The van der Waals surface area contributed by atoms with Gasteiger partial charge in [0.05, 0.1) is 19.2 Å². The van der Waals surface area contributed by atoms with E-state index in [1.165, 1.54) is 6.42 Å². The lowest BCUT2D eigenvalue weighted by molar-refractivity contribution is 0.0854. The van der Waals surface area contributed by atoms with Crippen LogP contribution < -0.4 is 9.64 Å². The molecule has 27 heavy (non-hydrogen) atoms. The number of benzene rings is 1. The second-order valence-corrected chi connectivity index (χ2v) is 7.49. The zero-order valence-corrected chi connectivity index (χ0v) is 15.8. The van der Waals surface area contributed by atoms with Crippen molar-refractivity contribution in [3.63, 3.8) is 0 Å². The Kier molecular flexibility index (Phi) is 3.54. The molecule has 3 aliphatic rings. The summed E-state index contributed by atoms with van der Waals surface area (Å²) in [5, 5.41) is 0. The number of fused-ring (bicyclic) bond motifs is 5. The Morgan fingerprint density at radius 2 is 2.00 bits per heavy atom. The van der Waals surface area contributed by atoms with Crippen LogP contribution in [-0.4, -0.2) is 52.6 Å². The summed E-state index contributed by atoms with van der Waals surface area (Å²) in [5.41, 5.74) is 1.77. The fourth-order valence-corrected chi connectivity index (χ4v) is 4.52. The molecule has 0 bridgehead atoms. The fraction of sp³-hybridized carbons (Fsp3) is 0.450. The number of hydrogen-bond acceptors (Lipinski definition) is 5. The monoisotopic (exact) mass is 365 g/mol. The Morgan fingerprint density at radius 3 is 2.74 bits per heavy atom. The minimum absolute atomic E-state index is 0.0333. The van der Waals surface area contributed by atoms with Crippen LogP contribution in [0.2, 0.25) is 0 Å². The zero-order chi connectivity index (χ0) is 18.7. The maximum absolute atomic E-state index is 13.1. The molecule has 2 aliphatic heterocycles. The van der Waals surface area contributed by atoms with Gasteiger partial charge in [-0.05, 0) is 43.9 Å². The maximum Gasteiger partial charge on any atom is 0.280 e. The lowest BCUT2D eigenvalue weighted by Crippen LogP contribution is -2.51. The lowest BCUT2D eigenvalue weighted by atomic mass is 10.1. The third kappa shape index (κ3) is 2.30. The van der Waals surface area contributed by atoms with Crippen molar-refractivity contribution < 1.29 is 9.53 Å². The molecule has 1 fully saturated rings. The molecular formula is C20H23N5O2. The number of guanidine groups is 1. The highest BCUT2D eigenvalue weighted by molar-refractivity contribution is 6.18. The Bertz CT molecular complexity index is 946. The molecule has 0 saturated heterocycles. The fourth-order valence-electron chi connectivity index (χ4n) is 4.52. The molecule has 0 spiro atoms. The summed E-state index contributed by atoms with van der Waals surface area (Å²) < 4.78 is 7.26. The molecule has 1 aliphatic carbocycles. The smallest absolute Gasteiger partial charge is 0.280 e. The van der Waals surface area contributed by atoms with Crippen molar-refractivity contribution in [1.29, 1.82) is 0 Å². The van der Waals surface area contributed by atoms with E-state index in [2.05, 4.69) is 4.90 Å². The molecule has 5 rings (SSSR count). The number of aromatic nitrogens is 2. The number of carbonyl (C=O) groups excluding carboxylic acids is 1. The number of nitrogens with zero attached hydrogens (tertiary/aromatic N) is 5. The van der Waals surface area contributed by atoms with Crippen molar-refractivity contribution in [2.24, 2.45) is 4.99 Å². The number of hydrogen-bond donors (Lipinski definition) is 0. The number of amides is 1. The Morgan fingerprint density at radius 1 is 1.22 bits per heavy atom. The number of ether oxygens (including phenoxy) is 1. The van der Waals surface area contributed by atoms with Crippen LogP contribution in [0, 0.1) is 6.92 Å². The van der Waals surface area contributed by atoms with E-state index in [1.54, 1.807) is 12.0 Å². The van der Waals surface area contributed by atoms with Crippen molar-refractivity contribution >= 4 is 17.7 Å². The average molecular weight is 365 g/mol. The highest BCUT2D eigenvalue weighted by Gasteiger charge is 2.48. The quantitative estimate of drug-likeness (QED) is 0.838. The summed E-state index contributed by atoms with van der Waals surface area (Å²) in [6.45, 7) is 2.57. The van der Waals surface area contributed by atoms with E-state index in [-0.39, 0.29) is 11.9 Å². The molecule has 1 aromatic heterocycles. The lowest BCUT2D eigenvalue weighted by Gasteiger charge is -2.34. The standard InChI is InChI=1S/C20H23N5O2/c1-12-21-18-17(24(12)11-13-7-9-14(27-3)10-8-13)19(26)23(2)20-22-15-5-4-6-16(15)25(18)20/h7-10,15-16H,4-6,11H2,1-3H3/t15-,16+/m1/s1. The van der Waals surface area contributed by atoms with Crippen LogP contribution >= 0.6 is 0 Å². The SMILES string of the molecule is COc1ccc(Cn2c(C)nc3c2C(=O)N(C)C2=N[C@@H]4CCC[C@@H]4N23)cc1. The van der Waals surface area contributed by atoms with E-state index in [0.717, 1.165) is 41.8 Å². The van der Waals surface area contributed by atoms with Gasteiger partial charge in [0.15, 0.2) is 11.5 Å². The summed E-state index contributed by atoms with van der Waals surface area (Å²) in [6.07, 6.45) is 3.37. The average Bonchev–Trinajstić information content (AvgIpc) is 3.34. The largest absolute Gasteiger partial charge is 0.497 e. The topological polar surface area (TPSA) is 63.0 Å². The first-order chi connectivity index (χ1) is 13.1. The molecule has 1 aromatic carbocycles. The van der Waals surface area contributed by atoms with Gasteiger partial charge in [-0.25, -0.2) is 9.98 Å². The summed E-state index contributed by atoms with van der Waals surface area (Å²) in [6, 6.07) is 8.55. The van der Waals surface area contributed by atoms with Crippen molar-refractivity contribution in [3.8, 4) is 5.75 Å². The van der Waals surface area contributed by atoms with E-state index in [0.29, 0.717) is 18.3 Å². The normalized spacial score (nSPS) is 23.2. The van der Waals surface area contributed by atoms with Gasteiger partial charge in [-0.1, -0.05) is 12.1 Å². The Balaban J connectivity index is 1.57. The highest BCUT2D eigenvalue weighted by atomic mass is 16.5. The van der Waals surface area contributed by atoms with E-state index in [1.807, 2.05) is 42.8 Å². The molecule has 1 amide bonds. The number of aliphatic imine (C=N–C) groups is 1. The van der Waals surface area contributed by atoms with Crippen molar-refractivity contribution in [3.05, 3.63) is 41.3 Å². The van der Waals surface area contributed by atoms with Gasteiger partial charge in [0, 0.05) is 13.6 Å². The number of imidazole rings is 1. The van der Waals surface area contributed by atoms with E-state index in [9.17, 15) is 4.79 Å². The van der Waals surface area contributed by atoms with Gasteiger partial charge >= 0.3 is 0 Å². The summed E-state index contributed by atoms with van der Waals surface area (Å²) >= 11 is 0. The molecule has 2 aromatic rings. The summed E-state index contributed by atoms with van der Waals surface area (Å²) in [5.74, 6) is 3.17. The van der Waals surface area contributed by atoms with Crippen LogP contribution in [0.4, 0.5) is 5.82 Å². The molecule has 2 atom stereocenters. The number of aryl methyl sites for hydroxylation is 1. The first kappa shape index (κ1) is 16.4. The van der Waals surface area contributed by atoms with Crippen LogP contribution in [-0.2, 0) is 6.54 Å². The summed E-state index contributed by atoms with van der Waals surface area (Å²) in [4.78, 5) is 26.7. The molecule has 0 unspecified atom stereocenters.